The number of nitrogens with zero attached hydrogens (tertiary/aromatic N) is 4. The molecule has 19 heavy (non-hydrogen) atoms. The van der Waals surface area contributed by atoms with Crippen molar-refractivity contribution in [3.8, 4) is 18.2 Å². The zero-order valence-electron chi connectivity index (χ0n) is 10.8. The third-order valence-corrected chi connectivity index (χ3v) is 2.47. The van der Waals surface area contributed by atoms with Crippen molar-refractivity contribution in [2.45, 2.75) is 0 Å². The zero-order valence-corrected chi connectivity index (χ0v) is 10.8. The molecule has 0 spiro atoms. The van der Waals surface area contributed by atoms with Gasteiger partial charge < -0.3 is 4.90 Å². The van der Waals surface area contributed by atoms with Crippen molar-refractivity contribution < 1.29 is 0 Å². The maximum Gasteiger partial charge on any atom is 0.147 e. The minimum Gasteiger partial charge on any atom is -0.378 e. The van der Waals surface area contributed by atoms with Gasteiger partial charge in [0.1, 0.15) is 23.8 Å². The van der Waals surface area contributed by atoms with E-state index in [9.17, 15) is 0 Å². The Balaban J connectivity index is 3.00. The highest BCUT2D eigenvalue weighted by Crippen LogP contribution is 2.14. The third-order valence-electron chi connectivity index (χ3n) is 2.47. The average Bonchev–Trinajstić information content (AvgIpc) is 2.43. The second-order valence-electron chi connectivity index (χ2n) is 3.94. The van der Waals surface area contributed by atoms with Gasteiger partial charge in [0.25, 0.3) is 0 Å². The molecule has 92 valence electrons. The van der Waals surface area contributed by atoms with Crippen LogP contribution in [0.15, 0.2) is 41.5 Å². The Bertz CT molecular complexity index is 613. The molecule has 0 aliphatic rings. The van der Waals surface area contributed by atoms with Crippen LogP contribution in [0.4, 0.5) is 5.69 Å². The van der Waals surface area contributed by atoms with Crippen LogP contribution < -0.4 is 4.90 Å². The molecular weight excluding hydrogens is 236 g/mol. The summed E-state index contributed by atoms with van der Waals surface area (Å²) < 4.78 is 0. The lowest BCUT2D eigenvalue weighted by atomic mass is 10.1. The van der Waals surface area contributed by atoms with Gasteiger partial charge in [0.05, 0.1) is 5.57 Å². The van der Waals surface area contributed by atoms with Gasteiger partial charge in [0.15, 0.2) is 0 Å². The number of nitriles is 3. The van der Waals surface area contributed by atoms with E-state index >= 15 is 0 Å². The Hall–Kier alpha value is -3.03. The second kappa shape index (κ2) is 6.64. The maximum atomic E-state index is 8.89. The fourth-order valence-electron chi connectivity index (χ4n) is 1.39. The number of benzene rings is 1. The Morgan fingerprint density at radius 1 is 1.00 bits per heavy atom. The standard InChI is InChI=1S/C15H12N4/c1-19(2)15-7-4-12(5-8-15)3-6-13(9-16)14(10-17)11-18/h3-8H,1-2H3. The number of rotatable bonds is 3. The van der Waals surface area contributed by atoms with Crippen LogP contribution in [0.1, 0.15) is 5.56 Å². The molecule has 0 N–H and O–H groups in total. The molecule has 0 amide bonds. The molecule has 0 unspecified atom stereocenters. The molecular formula is C15H12N4. The normalized spacial score (nSPS) is 9.21. The maximum absolute atomic E-state index is 8.89. The van der Waals surface area contributed by atoms with E-state index in [1.165, 1.54) is 6.08 Å². The van der Waals surface area contributed by atoms with Gasteiger partial charge in [0, 0.05) is 19.8 Å². The summed E-state index contributed by atoms with van der Waals surface area (Å²) in [7, 11) is 3.90. The number of hydrogen-bond donors (Lipinski definition) is 0. The molecule has 4 heteroatoms. The predicted octanol–water partition coefficient (Wildman–Crippen LogP) is 2.63. The monoisotopic (exact) mass is 248 g/mol. The van der Waals surface area contributed by atoms with E-state index in [4.69, 9.17) is 15.8 Å². The van der Waals surface area contributed by atoms with Crippen molar-refractivity contribution >= 4 is 11.8 Å². The summed E-state index contributed by atoms with van der Waals surface area (Å²) in [6.45, 7) is 0. The summed E-state index contributed by atoms with van der Waals surface area (Å²) in [6.07, 6.45) is 3.18. The smallest absolute Gasteiger partial charge is 0.147 e. The van der Waals surface area contributed by atoms with Gasteiger partial charge in [-0.05, 0) is 23.8 Å². The van der Waals surface area contributed by atoms with Gasteiger partial charge >= 0.3 is 0 Å². The van der Waals surface area contributed by atoms with E-state index in [2.05, 4.69) is 0 Å². The number of hydrogen-bond acceptors (Lipinski definition) is 4. The van der Waals surface area contributed by atoms with Crippen LogP contribution in [0.3, 0.4) is 0 Å². The molecule has 4 nitrogen and oxygen atoms in total. The largest absolute Gasteiger partial charge is 0.378 e. The van der Waals surface area contributed by atoms with Gasteiger partial charge in [-0.2, -0.15) is 15.8 Å². The van der Waals surface area contributed by atoms with E-state index in [0.717, 1.165) is 11.3 Å². The van der Waals surface area contributed by atoms with Gasteiger partial charge in [-0.3, -0.25) is 0 Å². The Morgan fingerprint density at radius 2 is 1.58 bits per heavy atom. The Labute approximate surface area is 112 Å². The highest BCUT2D eigenvalue weighted by atomic mass is 15.1. The number of allylic oxidation sites excluding steroid dienone is 3. The van der Waals surface area contributed by atoms with Crippen molar-refractivity contribution in [2.75, 3.05) is 19.0 Å². The lowest BCUT2D eigenvalue weighted by Crippen LogP contribution is -2.07. The van der Waals surface area contributed by atoms with Crippen LogP contribution in [-0.2, 0) is 0 Å². The molecule has 1 rings (SSSR count). The summed E-state index contributed by atoms with van der Waals surface area (Å²) in [5.74, 6) is 0. The molecule has 1 aromatic carbocycles. The summed E-state index contributed by atoms with van der Waals surface area (Å²) in [5, 5.41) is 26.3. The topological polar surface area (TPSA) is 74.6 Å². The summed E-state index contributed by atoms with van der Waals surface area (Å²) in [6, 6.07) is 12.9. The molecule has 0 saturated carbocycles. The lowest BCUT2D eigenvalue weighted by Gasteiger charge is -2.11. The van der Waals surface area contributed by atoms with Gasteiger partial charge in [-0.1, -0.05) is 18.2 Å². The van der Waals surface area contributed by atoms with E-state index in [0.29, 0.717) is 0 Å². The predicted molar refractivity (Wildman–Crippen MR) is 73.7 cm³/mol. The first kappa shape index (κ1) is 14.0. The number of anilines is 1. The molecule has 0 heterocycles. The van der Waals surface area contributed by atoms with Crippen LogP contribution in [0.5, 0.6) is 0 Å². The molecule has 0 bridgehead atoms. The first-order valence-corrected chi connectivity index (χ1v) is 5.52. The quantitative estimate of drug-likeness (QED) is 0.608. The average molecular weight is 248 g/mol. The zero-order chi connectivity index (χ0) is 14.3. The van der Waals surface area contributed by atoms with E-state index < -0.39 is 0 Å². The van der Waals surface area contributed by atoms with Crippen molar-refractivity contribution in [3.05, 3.63) is 47.1 Å². The summed E-state index contributed by atoms with van der Waals surface area (Å²) in [4.78, 5) is 1.98. The van der Waals surface area contributed by atoms with Crippen molar-refractivity contribution in [1.29, 1.82) is 15.8 Å². The first-order valence-electron chi connectivity index (χ1n) is 5.52. The van der Waals surface area contributed by atoms with Crippen molar-refractivity contribution in [2.24, 2.45) is 0 Å². The molecule has 0 saturated heterocycles. The molecule has 0 aromatic heterocycles. The Morgan fingerprint density at radius 3 is 2.00 bits per heavy atom. The molecule has 0 radical (unpaired) electrons. The molecule has 0 fully saturated rings. The minimum atomic E-state index is -0.177. The van der Waals surface area contributed by atoms with E-state index in [-0.39, 0.29) is 11.1 Å². The van der Waals surface area contributed by atoms with Gasteiger partial charge in [-0.25, -0.2) is 0 Å². The van der Waals surface area contributed by atoms with Gasteiger partial charge in [0.2, 0.25) is 0 Å². The molecule has 0 aliphatic carbocycles. The van der Waals surface area contributed by atoms with Crippen LogP contribution in [-0.4, -0.2) is 14.1 Å². The minimum absolute atomic E-state index is 0.0710. The lowest BCUT2D eigenvalue weighted by molar-refractivity contribution is 1.13. The fraction of sp³-hybridized carbons (Fsp3) is 0.133. The van der Waals surface area contributed by atoms with Crippen molar-refractivity contribution in [1.82, 2.24) is 0 Å². The summed E-state index contributed by atoms with van der Waals surface area (Å²) >= 11 is 0. The molecule has 0 atom stereocenters. The van der Waals surface area contributed by atoms with Crippen LogP contribution >= 0.6 is 0 Å². The van der Waals surface area contributed by atoms with Crippen LogP contribution in [0, 0.1) is 34.0 Å². The van der Waals surface area contributed by atoms with E-state index in [1.54, 1.807) is 18.2 Å². The molecule has 1 aromatic rings. The van der Waals surface area contributed by atoms with Crippen LogP contribution in [0.25, 0.3) is 6.08 Å². The molecule has 0 aliphatic heterocycles. The highest BCUT2D eigenvalue weighted by Gasteiger charge is 2.01. The summed E-state index contributed by atoms with van der Waals surface area (Å²) in [5.41, 5.74) is 1.86. The fourth-order valence-corrected chi connectivity index (χ4v) is 1.39. The van der Waals surface area contributed by atoms with E-state index in [1.807, 2.05) is 49.3 Å². The first-order chi connectivity index (χ1) is 9.12. The van der Waals surface area contributed by atoms with Crippen molar-refractivity contribution in [3.63, 3.8) is 0 Å². The van der Waals surface area contributed by atoms with Crippen LogP contribution in [0.2, 0.25) is 0 Å². The highest BCUT2D eigenvalue weighted by molar-refractivity contribution is 5.62. The third kappa shape index (κ3) is 3.73. The SMILES string of the molecule is CN(C)c1ccc(C=CC(C#N)=C(C#N)C#N)cc1. The second-order valence-corrected chi connectivity index (χ2v) is 3.94. The Kier molecular flexibility index (Phi) is 4.91. The van der Waals surface area contributed by atoms with Gasteiger partial charge in [-0.15, -0.1) is 0 Å².